The first kappa shape index (κ1) is 11.1. The molecule has 0 atom stereocenters. The molecule has 0 aliphatic rings. The molecule has 3 aromatic rings. The minimum Gasteiger partial charge on any atom is -0.298 e. The van der Waals surface area contributed by atoms with Gasteiger partial charge in [0.2, 0.25) is 0 Å². The lowest BCUT2D eigenvalue weighted by Gasteiger charge is -2.04. The van der Waals surface area contributed by atoms with Crippen molar-refractivity contribution in [2.24, 2.45) is 0 Å². The molecule has 18 heavy (non-hydrogen) atoms. The van der Waals surface area contributed by atoms with Crippen LogP contribution in [0.15, 0.2) is 47.1 Å². The van der Waals surface area contributed by atoms with Gasteiger partial charge in [-0.1, -0.05) is 0 Å². The average Bonchev–Trinajstić information content (AvgIpc) is 2.88. The molecular weight excluding hydrogens is 246 g/mol. The van der Waals surface area contributed by atoms with Crippen molar-refractivity contribution in [1.29, 1.82) is 0 Å². The predicted octanol–water partition coefficient (Wildman–Crippen LogP) is 2.10. The average molecular weight is 257 g/mol. The zero-order valence-electron chi connectivity index (χ0n) is 9.61. The number of fused-ring (bicyclic) bond motifs is 1. The topological polar surface area (TPSA) is 47.8 Å². The Bertz CT molecular complexity index is 718. The Kier molecular flexibility index (Phi) is 2.90. The van der Waals surface area contributed by atoms with E-state index in [9.17, 15) is 4.79 Å². The van der Waals surface area contributed by atoms with Crippen molar-refractivity contribution in [2.45, 2.75) is 13.0 Å². The third-order valence-corrected chi connectivity index (χ3v) is 3.66. The molecule has 0 saturated carbocycles. The predicted molar refractivity (Wildman–Crippen MR) is 71.8 cm³/mol. The fourth-order valence-electron chi connectivity index (χ4n) is 1.85. The highest BCUT2D eigenvalue weighted by atomic mass is 32.1. The van der Waals surface area contributed by atoms with Gasteiger partial charge >= 0.3 is 0 Å². The summed E-state index contributed by atoms with van der Waals surface area (Å²) in [5.41, 5.74) is 1.21. The Morgan fingerprint density at radius 3 is 2.89 bits per heavy atom. The van der Waals surface area contributed by atoms with Crippen LogP contribution in [0.4, 0.5) is 0 Å². The minimum atomic E-state index is 0.0373. The van der Waals surface area contributed by atoms with Gasteiger partial charge in [0.1, 0.15) is 4.83 Å². The van der Waals surface area contributed by atoms with Gasteiger partial charge in [0.15, 0.2) is 0 Å². The zero-order chi connectivity index (χ0) is 12.4. The van der Waals surface area contributed by atoms with Gasteiger partial charge in [-0.2, -0.15) is 0 Å². The first-order chi connectivity index (χ1) is 8.84. The molecule has 0 amide bonds. The van der Waals surface area contributed by atoms with Gasteiger partial charge in [0.25, 0.3) is 5.56 Å². The Morgan fingerprint density at radius 1 is 1.22 bits per heavy atom. The number of aromatic nitrogens is 3. The van der Waals surface area contributed by atoms with Crippen LogP contribution >= 0.6 is 11.3 Å². The van der Waals surface area contributed by atoms with Crippen LogP contribution in [0.5, 0.6) is 0 Å². The zero-order valence-corrected chi connectivity index (χ0v) is 10.4. The summed E-state index contributed by atoms with van der Waals surface area (Å²) in [5, 5.41) is 2.60. The molecule has 3 aromatic heterocycles. The van der Waals surface area contributed by atoms with Crippen LogP contribution in [0.25, 0.3) is 10.2 Å². The smallest absolute Gasteiger partial charge is 0.262 e. The highest BCUT2D eigenvalue weighted by Gasteiger charge is 2.04. The summed E-state index contributed by atoms with van der Waals surface area (Å²) in [5.74, 6) is 0. The van der Waals surface area contributed by atoms with Crippen molar-refractivity contribution in [3.63, 3.8) is 0 Å². The second-order valence-corrected chi connectivity index (χ2v) is 4.88. The third-order valence-electron chi connectivity index (χ3n) is 2.84. The van der Waals surface area contributed by atoms with Crippen LogP contribution in [0.1, 0.15) is 5.56 Å². The van der Waals surface area contributed by atoms with E-state index >= 15 is 0 Å². The molecule has 3 heterocycles. The van der Waals surface area contributed by atoms with E-state index in [1.165, 1.54) is 16.9 Å². The number of pyridine rings is 1. The molecule has 0 spiro atoms. The number of thiophene rings is 1. The number of nitrogens with zero attached hydrogens (tertiary/aromatic N) is 3. The summed E-state index contributed by atoms with van der Waals surface area (Å²) in [7, 11) is 0. The molecule has 90 valence electrons. The fraction of sp³-hybridized carbons (Fsp3) is 0.154. The summed E-state index contributed by atoms with van der Waals surface area (Å²) in [6.07, 6.45) is 5.96. The Morgan fingerprint density at radius 2 is 2.06 bits per heavy atom. The van der Waals surface area contributed by atoms with Gasteiger partial charge in [0, 0.05) is 18.9 Å². The molecule has 0 aliphatic carbocycles. The summed E-state index contributed by atoms with van der Waals surface area (Å²) in [4.78, 5) is 21.2. The van der Waals surface area contributed by atoms with E-state index in [2.05, 4.69) is 9.97 Å². The number of rotatable bonds is 3. The second-order valence-electron chi connectivity index (χ2n) is 3.99. The number of aryl methyl sites for hydroxylation is 2. The van der Waals surface area contributed by atoms with Crippen molar-refractivity contribution in [2.75, 3.05) is 0 Å². The van der Waals surface area contributed by atoms with Crippen molar-refractivity contribution >= 4 is 21.6 Å². The van der Waals surface area contributed by atoms with Crippen LogP contribution in [0.2, 0.25) is 0 Å². The third kappa shape index (κ3) is 2.04. The van der Waals surface area contributed by atoms with E-state index in [-0.39, 0.29) is 5.56 Å². The molecule has 4 nitrogen and oxygen atoms in total. The first-order valence-electron chi connectivity index (χ1n) is 5.66. The fourth-order valence-corrected chi connectivity index (χ4v) is 2.57. The summed E-state index contributed by atoms with van der Waals surface area (Å²) >= 11 is 1.49. The van der Waals surface area contributed by atoms with Crippen molar-refractivity contribution in [3.05, 3.63) is 58.2 Å². The van der Waals surface area contributed by atoms with Crippen LogP contribution in [-0.4, -0.2) is 14.5 Å². The lowest BCUT2D eigenvalue weighted by molar-refractivity contribution is 0.663. The molecule has 0 aromatic carbocycles. The van der Waals surface area contributed by atoms with E-state index < -0.39 is 0 Å². The molecule has 0 bridgehead atoms. The molecule has 5 heteroatoms. The maximum atomic E-state index is 12.1. The quantitative estimate of drug-likeness (QED) is 0.722. The molecule has 0 saturated heterocycles. The molecule has 0 N–H and O–H groups in total. The molecular formula is C13H11N3OS. The van der Waals surface area contributed by atoms with Crippen molar-refractivity contribution in [3.8, 4) is 0 Å². The van der Waals surface area contributed by atoms with Gasteiger partial charge in [0.05, 0.1) is 11.7 Å². The Hall–Kier alpha value is -2.01. The monoisotopic (exact) mass is 257 g/mol. The largest absolute Gasteiger partial charge is 0.298 e. The number of hydrogen-bond acceptors (Lipinski definition) is 4. The summed E-state index contributed by atoms with van der Waals surface area (Å²) in [6, 6.07) is 5.75. The molecule has 0 unspecified atom stereocenters. The van der Waals surface area contributed by atoms with Crippen molar-refractivity contribution in [1.82, 2.24) is 14.5 Å². The highest BCUT2D eigenvalue weighted by molar-refractivity contribution is 7.16. The Balaban J connectivity index is 1.87. The standard InChI is InChI=1S/C13H11N3OS/c17-13-11-4-8-18-12(11)15-9-16(13)7-3-10-1-5-14-6-2-10/h1-2,4-6,8-9H,3,7H2. The van der Waals surface area contributed by atoms with Gasteiger partial charge in [-0.3, -0.25) is 14.3 Å². The summed E-state index contributed by atoms with van der Waals surface area (Å²) < 4.78 is 1.66. The highest BCUT2D eigenvalue weighted by Crippen LogP contribution is 2.13. The van der Waals surface area contributed by atoms with E-state index in [0.29, 0.717) is 11.9 Å². The molecule has 3 rings (SSSR count). The lowest BCUT2D eigenvalue weighted by Crippen LogP contribution is -2.20. The van der Waals surface area contributed by atoms with Crippen LogP contribution in [0.3, 0.4) is 0 Å². The van der Waals surface area contributed by atoms with Crippen LogP contribution in [-0.2, 0) is 13.0 Å². The van der Waals surface area contributed by atoms with E-state index in [4.69, 9.17) is 0 Å². The Labute approximate surface area is 108 Å². The van der Waals surface area contributed by atoms with E-state index in [1.54, 1.807) is 23.3 Å². The first-order valence-corrected chi connectivity index (χ1v) is 6.54. The van der Waals surface area contributed by atoms with Gasteiger partial charge < -0.3 is 0 Å². The molecule has 0 aliphatic heterocycles. The summed E-state index contributed by atoms with van der Waals surface area (Å²) in [6.45, 7) is 0.641. The minimum absolute atomic E-state index is 0.0373. The number of hydrogen-bond donors (Lipinski definition) is 0. The van der Waals surface area contributed by atoms with Gasteiger partial charge in [-0.05, 0) is 35.6 Å². The van der Waals surface area contributed by atoms with E-state index in [0.717, 1.165) is 11.3 Å². The molecule has 0 radical (unpaired) electrons. The SMILES string of the molecule is O=c1c2ccsc2ncn1CCc1ccncc1. The second kappa shape index (κ2) is 4.70. The van der Waals surface area contributed by atoms with E-state index in [1.807, 2.05) is 23.6 Å². The van der Waals surface area contributed by atoms with Gasteiger partial charge in [-0.15, -0.1) is 11.3 Å². The normalized spacial score (nSPS) is 10.9. The van der Waals surface area contributed by atoms with Crippen LogP contribution < -0.4 is 5.56 Å². The maximum Gasteiger partial charge on any atom is 0.262 e. The molecule has 0 fully saturated rings. The van der Waals surface area contributed by atoms with Gasteiger partial charge in [-0.25, -0.2) is 4.98 Å². The maximum absolute atomic E-state index is 12.1. The lowest BCUT2D eigenvalue weighted by atomic mass is 10.2. The van der Waals surface area contributed by atoms with Crippen LogP contribution in [0, 0.1) is 0 Å². The van der Waals surface area contributed by atoms with Crippen molar-refractivity contribution < 1.29 is 0 Å².